The van der Waals surface area contributed by atoms with Crippen LogP contribution in [0.2, 0.25) is 0 Å². The number of aliphatic carboxylic acids is 1. The summed E-state index contributed by atoms with van der Waals surface area (Å²) in [7, 11) is 1.56. The number of ether oxygens (including phenoxy) is 4. The van der Waals surface area contributed by atoms with Crippen molar-refractivity contribution in [3.05, 3.63) is 45.9 Å². The number of nitrogen functional groups attached to an aromatic ring is 1. The van der Waals surface area contributed by atoms with Crippen molar-refractivity contribution in [1.29, 1.82) is 0 Å². The Hall–Kier alpha value is -3.79. The number of fused-ring (bicyclic) bond motifs is 1. The predicted octanol–water partition coefficient (Wildman–Crippen LogP) is 0.247. The maximum absolute atomic E-state index is 12.6. The fourth-order valence-corrected chi connectivity index (χ4v) is 3.54. The van der Waals surface area contributed by atoms with E-state index in [1.54, 1.807) is 7.11 Å². The Morgan fingerprint density at radius 1 is 1.05 bits per heavy atom. The van der Waals surface area contributed by atoms with Crippen LogP contribution in [0.4, 0.5) is 5.82 Å². The zero-order valence-corrected chi connectivity index (χ0v) is 22.4. The average molecular weight is 564 g/mol. The van der Waals surface area contributed by atoms with Gasteiger partial charge in [0.05, 0.1) is 46.0 Å². The van der Waals surface area contributed by atoms with Gasteiger partial charge in [0.1, 0.15) is 12.1 Å². The molecular weight excluding hydrogens is 530 g/mol. The summed E-state index contributed by atoms with van der Waals surface area (Å²) in [4.78, 5) is 34.1. The van der Waals surface area contributed by atoms with E-state index in [4.69, 9.17) is 42.0 Å². The minimum atomic E-state index is -0.889. The van der Waals surface area contributed by atoms with Crippen LogP contribution in [0.3, 0.4) is 0 Å². The highest BCUT2D eigenvalue weighted by Gasteiger charge is 2.15. The summed E-state index contributed by atoms with van der Waals surface area (Å²) in [6.07, 6.45) is -0.0219. The number of imidazole rings is 1. The van der Waals surface area contributed by atoms with E-state index in [0.29, 0.717) is 55.8 Å². The second kappa shape index (κ2) is 15.6. The van der Waals surface area contributed by atoms with Crippen LogP contribution in [0.1, 0.15) is 17.5 Å². The topological polar surface area (TPSA) is 188 Å². The number of carboxylic acids is 1. The number of H-pyrrole nitrogens is 1. The van der Waals surface area contributed by atoms with Crippen LogP contribution in [0.15, 0.2) is 29.1 Å². The second-order valence-electron chi connectivity index (χ2n) is 8.24. The van der Waals surface area contributed by atoms with E-state index >= 15 is 0 Å². The first kappa shape index (κ1) is 29.8. The highest BCUT2D eigenvalue weighted by molar-refractivity contribution is 7.80. The smallest absolute Gasteiger partial charge is 0.328 e. The standard InChI is InChI=1S/C24H33N7O7S/c1-35-10-13-38-22-29-20(25)19-21(30-22)31(24(34)28-19)15-17-4-2-16(3-5-17)14-27-23(39)26-7-9-37-12-11-36-8-6-18(32)33/h2-5H,6-15H2,1H3,(H,28,34)(H,32,33)(H2,25,29,30)(H2,26,27,39). The van der Waals surface area contributed by atoms with E-state index in [9.17, 15) is 9.59 Å². The lowest BCUT2D eigenvalue weighted by atomic mass is 10.1. The summed E-state index contributed by atoms with van der Waals surface area (Å²) in [6.45, 7) is 3.26. The molecule has 3 aromatic rings. The van der Waals surface area contributed by atoms with Gasteiger partial charge >= 0.3 is 17.7 Å². The third kappa shape index (κ3) is 9.79. The minimum Gasteiger partial charge on any atom is -0.481 e. The van der Waals surface area contributed by atoms with Crippen LogP contribution in [0, 0.1) is 0 Å². The maximum Gasteiger partial charge on any atom is 0.328 e. The van der Waals surface area contributed by atoms with Crippen molar-refractivity contribution in [2.75, 3.05) is 59.0 Å². The number of nitrogens with two attached hydrogens (primary N) is 1. The van der Waals surface area contributed by atoms with Crippen LogP contribution in [-0.4, -0.2) is 89.0 Å². The molecule has 212 valence electrons. The first-order chi connectivity index (χ1) is 18.9. The fraction of sp³-hybridized carbons (Fsp3) is 0.458. The minimum absolute atomic E-state index is 0.0219. The molecule has 2 heterocycles. The highest BCUT2D eigenvalue weighted by atomic mass is 32.1. The Labute approximate surface area is 229 Å². The monoisotopic (exact) mass is 563 g/mol. The number of rotatable bonds is 17. The van der Waals surface area contributed by atoms with Gasteiger partial charge in [0, 0.05) is 20.2 Å². The number of nitrogens with zero attached hydrogens (tertiary/aromatic N) is 3. The van der Waals surface area contributed by atoms with Crippen LogP contribution >= 0.6 is 12.2 Å². The Balaban J connectivity index is 1.43. The first-order valence-electron chi connectivity index (χ1n) is 12.2. The summed E-state index contributed by atoms with van der Waals surface area (Å²) in [5, 5.41) is 15.2. The molecule has 0 bridgehead atoms. The summed E-state index contributed by atoms with van der Waals surface area (Å²) < 4.78 is 22.5. The molecule has 0 spiro atoms. The number of hydrogen-bond donors (Lipinski definition) is 5. The molecule has 6 N–H and O–H groups in total. The van der Waals surface area contributed by atoms with Crippen LogP contribution in [0.25, 0.3) is 11.2 Å². The van der Waals surface area contributed by atoms with Crippen molar-refractivity contribution in [3.63, 3.8) is 0 Å². The van der Waals surface area contributed by atoms with Gasteiger partial charge in [-0.2, -0.15) is 9.97 Å². The zero-order valence-electron chi connectivity index (χ0n) is 21.6. The Bertz CT molecular complexity index is 1280. The lowest BCUT2D eigenvalue weighted by molar-refractivity contribution is -0.138. The van der Waals surface area contributed by atoms with Crippen molar-refractivity contribution < 1.29 is 28.8 Å². The van der Waals surface area contributed by atoms with Crippen molar-refractivity contribution in [2.24, 2.45) is 0 Å². The third-order valence-electron chi connectivity index (χ3n) is 5.33. The number of hydrogen-bond acceptors (Lipinski definition) is 10. The summed E-state index contributed by atoms with van der Waals surface area (Å²) in [5.74, 6) is -0.761. The number of aromatic nitrogens is 4. The van der Waals surface area contributed by atoms with Gasteiger partial charge in [-0.25, -0.2) is 4.79 Å². The Morgan fingerprint density at radius 3 is 2.49 bits per heavy atom. The molecule has 0 aliphatic rings. The van der Waals surface area contributed by atoms with Crippen molar-refractivity contribution in [3.8, 4) is 6.01 Å². The van der Waals surface area contributed by atoms with E-state index in [1.165, 1.54) is 4.57 Å². The normalized spacial score (nSPS) is 11.0. The van der Waals surface area contributed by atoms with Crippen LogP contribution in [-0.2, 0) is 32.1 Å². The van der Waals surface area contributed by atoms with E-state index in [0.717, 1.165) is 11.1 Å². The molecule has 0 fully saturated rings. The van der Waals surface area contributed by atoms with Crippen LogP contribution in [0.5, 0.6) is 6.01 Å². The molecule has 3 rings (SSSR count). The summed E-state index contributed by atoms with van der Waals surface area (Å²) >= 11 is 5.29. The van der Waals surface area contributed by atoms with E-state index in [2.05, 4.69) is 25.6 Å². The molecule has 0 atom stereocenters. The molecule has 1 aromatic carbocycles. The van der Waals surface area contributed by atoms with Gasteiger partial charge in [0.2, 0.25) is 0 Å². The van der Waals surface area contributed by atoms with Crippen molar-refractivity contribution in [2.45, 2.75) is 19.5 Å². The molecular formula is C24H33N7O7S. The number of thiocarbonyl (C=S) groups is 1. The van der Waals surface area contributed by atoms with Gasteiger partial charge < -0.3 is 45.4 Å². The Kier molecular flexibility index (Phi) is 11.9. The summed E-state index contributed by atoms with van der Waals surface area (Å²) in [6, 6.07) is 7.81. The molecule has 0 aliphatic heterocycles. The molecule has 0 radical (unpaired) electrons. The van der Waals surface area contributed by atoms with E-state index < -0.39 is 5.97 Å². The maximum atomic E-state index is 12.6. The van der Waals surface area contributed by atoms with Gasteiger partial charge in [-0.15, -0.1) is 0 Å². The highest BCUT2D eigenvalue weighted by Crippen LogP contribution is 2.18. The second-order valence-corrected chi connectivity index (χ2v) is 8.65. The number of benzene rings is 1. The number of anilines is 1. The molecule has 0 saturated heterocycles. The average Bonchev–Trinajstić information content (AvgIpc) is 3.22. The van der Waals surface area contributed by atoms with Crippen LogP contribution < -0.4 is 26.8 Å². The lowest BCUT2D eigenvalue weighted by Crippen LogP contribution is -2.36. The Morgan fingerprint density at radius 2 is 1.77 bits per heavy atom. The molecule has 15 heteroatoms. The van der Waals surface area contributed by atoms with Crippen molar-refractivity contribution >= 4 is 40.3 Å². The third-order valence-corrected chi connectivity index (χ3v) is 5.62. The first-order valence-corrected chi connectivity index (χ1v) is 12.6. The molecule has 0 saturated carbocycles. The molecule has 14 nitrogen and oxygen atoms in total. The number of methoxy groups -OCH3 is 1. The molecule has 0 unspecified atom stereocenters. The zero-order chi connectivity index (χ0) is 28.0. The molecule has 39 heavy (non-hydrogen) atoms. The largest absolute Gasteiger partial charge is 0.481 e. The summed E-state index contributed by atoms with van der Waals surface area (Å²) in [5.41, 5.74) is 8.26. The van der Waals surface area contributed by atoms with E-state index in [1.807, 2.05) is 24.3 Å². The van der Waals surface area contributed by atoms with Crippen molar-refractivity contribution in [1.82, 2.24) is 30.2 Å². The van der Waals surface area contributed by atoms with Gasteiger partial charge in [0.25, 0.3) is 0 Å². The fourth-order valence-electron chi connectivity index (χ4n) is 3.37. The van der Waals surface area contributed by atoms with E-state index in [-0.39, 0.29) is 43.7 Å². The predicted molar refractivity (Wildman–Crippen MR) is 147 cm³/mol. The molecule has 0 amide bonds. The SMILES string of the molecule is COCCOc1nc(N)c2[nH]c(=O)n(Cc3ccc(CNC(=S)NCCOCCOCCC(=O)O)cc3)c2n1. The number of aromatic amines is 1. The van der Waals surface area contributed by atoms with Gasteiger partial charge in [-0.05, 0) is 23.3 Å². The van der Waals surface area contributed by atoms with Gasteiger partial charge in [0.15, 0.2) is 16.6 Å². The molecule has 2 aromatic heterocycles. The molecule has 0 aliphatic carbocycles. The number of carbonyl (C=O) groups is 1. The van der Waals surface area contributed by atoms with Gasteiger partial charge in [-0.3, -0.25) is 9.36 Å². The number of carboxylic acid groups (broad SMARTS) is 1. The lowest BCUT2D eigenvalue weighted by Gasteiger charge is -2.11. The van der Waals surface area contributed by atoms with Gasteiger partial charge in [-0.1, -0.05) is 24.3 Å². The number of nitrogens with one attached hydrogen (secondary N) is 3. The quantitative estimate of drug-likeness (QED) is 0.111.